The lowest BCUT2D eigenvalue weighted by Crippen LogP contribution is -2.57. The van der Waals surface area contributed by atoms with E-state index in [1.54, 1.807) is 0 Å². The smallest absolute Gasteiger partial charge is 0.408 e. The van der Waals surface area contributed by atoms with Gasteiger partial charge in [-0.2, -0.15) is 0 Å². The number of amides is 3. The lowest BCUT2D eigenvalue weighted by molar-refractivity contribution is -0.145. The van der Waals surface area contributed by atoms with Crippen molar-refractivity contribution in [2.24, 2.45) is 11.7 Å². The largest absolute Gasteiger partial charge is 0.467 e. The lowest BCUT2D eigenvalue weighted by Gasteiger charge is -2.25. The minimum atomic E-state index is -1.06. The van der Waals surface area contributed by atoms with Crippen LogP contribution >= 0.6 is 0 Å². The summed E-state index contributed by atoms with van der Waals surface area (Å²) in [4.78, 5) is 50.7. The van der Waals surface area contributed by atoms with E-state index < -0.39 is 42.0 Å². The van der Waals surface area contributed by atoms with E-state index in [9.17, 15) is 19.2 Å². The molecule has 0 bridgehead atoms. The van der Waals surface area contributed by atoms with Crippen LogP contribution in [0.3, 0.4) is 0 Å². The number of nitrogens with two attached hydrogens (primary N) is 1. The molecule has 10 nitrogen and oxygen atoms in total. The van der Waals surface area contributed by atoms with Crippen molar-refractivity contribution in [2.45, 2.75) is 51.4 Å². The third-order valence-electron chi connectivity index (χ3n) is 5.48. The van der Waals surface area contributed by atoms with E-state index in [-0.39, 0.29) is 25.5 Å². The molecule has 0 heterocycles. The Labute approximate surface area is 217 Å². The maximum Gasteiger partial charge on any atom is 0.408 e. The molecule has 0 fully saturated rings. The molecular weight excluding hydrogens is 476 g/mol. The first kappa shape index (κ1) is 29.3. The summed E-state index contributed by atoms with van der Waals surface area (Å²) in [6.45, 7) is 3.70. The van der Waals surface area contributed by atoms with E-state index in [1.807, 2.05) is 74.5 Å². The van der Waals surface area contributed by atoms with Gasteiger partial charge >= 0.3 is 12.1 Å². The fourth-order valence-corrected chi connectivity index (χ4v) is 3.57. The Hall–Kier alpha value is -3.92. The van der Waals surface area contributed by atoms with Gasteiger partial charge in [0.1, 0.15) is 24.7 Å². The number of benzene rings is 2. The van der Waals surface area contributed by atoms with Gasteiger partial charge in [0.2, 0.25) is 11.8 Å². The predicted molar refractivity (Wildman–Crippen MR) is 138 cm³/mol. The Kier molecular flexibility index (Phi) is 12.1. The Morgan fingerprint density at radius 1 is 0.784 bits per heavy atom. The van der Waals surface area contributed by atoms with Gasteiger partial charge in [0.15, 0.2) is 0 Å². The number of ether oxygens (including phenoxy) is 2. The zero-order chi connectivity index (χ0) is 27.2. The average molecular weight is 513 g/mol. The molecule has 0 radical (unpaired) electrons. The van der Waals surface area contributed by atoms with Crippen molar-refractivity contribution in [2.75, 3.05) is 13.7 Å². The number of methoxy groups -OCH3 is 1. The molecular formula is C27H36N4O6. The van der Waals surface area contributed by atoms with Crippen LogP contribution in [0.5, 0.6) is 0 Å². The molecule has 0 saturated heterocycles. The van der Waals surface area contributed by atoms with Crippen molar-refractivity contribution < 1.29 is 28.7 Å². The van der Waals surface area contributed by atoms with E-state index in [4.69, 9.17) is 10.5 Å². The van der Waals surface area contributed by atoms with Gasteiger partial charge in [-0.15, -0.1) is 0 Å². The first-order valence-electron chi connectivity index (χ1n) is 12.1. The molecule has 0 aliphatic carbocycles. The molecule has 2 aromatic rings. The van der Waals surface area contributed by atoms with E-state index in [0.717, 1.165) is 11.1 Å². The van der Waals surface area contributed by atoms with Crippen LogP contribution in [-0.2, 0) is 36.9 Å². The Bertz CT molecular complexity index is 1020. The van der Waals surface area contributed by atoms with Crippen molar-refractivity contribution in [1.29, 1.82) is 0 Å². The third-order valence-corrected chi connectivity index (χ3v) is 5.48. The van der Waals surface area contributed by atoms with Crippen molar-refractivity contribution in [1.82, 2.24) is 16.0 Å². The van der Waals surface area contributed by atoms with E-state index in [1.165, 1.54) is 7.11 Å². The molecule has 200 valence electrons. The summed E-state index contributed by atoms with van der Waals surface area (Å²) in [7, 11) is 1.19. The number of rotatable bonds is 13. The van der Waals surface area contributed by atoms with Crippen LogP contribution in [0.2, 0.25) is 0 Å². The highest BCUT2D eigenvalue weighted by Gasteiger charge is 2.30. The van der Waals surface area contributed by atoms with Gasteiger partial charge < -0.3 is 31.2 Å². The lowest BCUT2D eigenvalue weighted by atomic mass is 10.0. The Morgan fingerprint density at radius 3 is 1.86 bits per heavy atom. The molecule has 37 heavy (non-hydrogen) atoms. The summed E-state index contributed by atoms with van der Waals surface area (Å²) in [6, 6.07) is 15.2. The van der Waals surface area contributed by atoms with Gasteiger partial charge in [0.25, 0.3) is 0 Å². The number of esters is 1. The number of alkyl carbamates (subject to hydrolysis) is 1. The Morgan fingerprint density at radius 2 is 1.32 bits per heavy atom. The number of nitrogens with one attached hydrogen (secondary N) is 3. The summed E-state index contributed by atoms with van der Waals surface area (Å²) in [6.07, 6.45) is -0.272. The molecule has 3 atom stereocenters. The maximum absolute atomic E-state index is 13.3. The third kappa shape index (κ3) is 10.3. The van der Waals surface area contributed by atoms with E-state index in [2.05, 4.69) is 20.7 Å². The van der Waals surface area contributed by atoms with Gasteiger partial charge in [-0.1, -0.05) is 74.5 Å². The summed E-state index contributed by atoms with van der Waals surface area (Å²) in [5, 5.41) is 7.87. The number of carbonyl (C=O) groups is 4. The average Bonchev–Trinajstić information content (AvgIpc) is 2.90. The number of hydrogen-bond donors (Lipinski definition) is 4. The van der Waals surface area contributed by atoms with Crippen LogP contribution in [0.15, 0.2) is 60.7 Å². The first-order chi connectivity index (χ1) is 17.7. The summed E-state index contributed by atoms with van der Waals surface area (Å²) >= 11 is 0. The molecule has 0 aliphatic rings. The van der Waals surface area contributed by atoms with Crippen molar-refractivity contribution in [3.05, 3.63) is 71.8 Å². The second-order valence-corrected chi connectivity index (χ2v) is 8.96. The molecule has 0 unspecified atom stereocenters. The predicted octanol–water partition coefficient (Wildman–Crippen LogP) is 1.67. The monoisotopic (exact) mass is 512 g/mol. The van der Waals surface area contributed by atoms with Gasteiger partial charge in [-0.3, -0.25) is 9.59 Å². The fourth-order valence-electron chi connectivity index (χ4n) is 3.57. The zero-order valence-corrected chi connectivity index (χ0v) is 21.4. The summed E-state index contributed by atoms with van der Waals surface area (Å²) in [5.74, 6) is -1.79. The highest BCUT2D eigenvalue weighted by molar-refractivity contribution is 5.93. The zero-order valence-electron chi connectivity index (χ0n) is 21.4. The molecule has 0 aliphatic heterocycles. The second-order valence-electron chi connectivity index (χ2n) is 8.96. The minimum absolute atomic E-state index is 0.0513. The topological polar surface area (TPSA) is 149 Å². The molecule has 0 aromatic heterocycles. The summed E-state index contributed by atoms with van der Waals surface area (Å²) < 4.78 is 9.95. The molecule has 2 rings (SSSR count). The van der Waals surface area contributed by atoms with Crippen LogP contribution in [-0.4, -0.2) is 55.7 Å². The molecule has 3 amide bonds. The van der Waals surface area contributed by atoms with Gasteiger partial charge in [-0.05, 0) is 23.5 Å². The number of hydrogen-bond acceptors (Lipinski definition) is 7. The molecule has 10 heteroatoms. The quantitative estimate of drug-likeness (QED) is 0.298. The normalized spacial score (nSPS) is 13.1. The second kappa shape index (κ2) is 15.2. The molecule has 2 aromatic carbocycles. The van der Waals surface area contributed by atoms with Crippen molar-refractivity contribution in [3.63, 3.8) is 0 Å². The van der Waals surface area contributed by atoms with E-state index in [0.29, 0.717) is 6.42 Å². The van der Waals surface area contributed by atoms with Gasteiger partial charge in [0.05, 0.1) is 7.11 Å². The van der Waals surface area contributed by atoms with Crippen LogP contribution in [0, 0.1) is 5.92 Å². The SMILES string of the molecule is COC(=O)[C@H](CN)NC(=O)[C@H](Cc1ccccc1)NC(=O)[C@H](CC(C)C)NC(=O)OCc1ccccc1. The molecule has 0 spiro atoms. The van der Waals surface area contributed by atoms with Crippen LogP contribution in [0.25, 0.3) is 0 Å². The fraction of sp³-hybridized carbons (Fsp3) is 0.407. The van der Waals surface area contributed by atoms with Crippen molar-refractivity contribution >= 4 is 23.9 Å². The first-order valence-corrected chi connectivity index (χ1v) is 12.1. The van der Waals surface area contributed by atoms with Crippen LogP contribution < -0.4 is 21.7 Å². The highest BCUT2D eigenvalue weighted by atomic mass is 16.5. The summed E-state index contributed by atoms with van der Waals surface area (Å²) in [5.41, 5.74) is 7.22. The van der Waals surface area contributed by atoms with Gasteiger partial charge in [0, 0.05) is 13.0 Å². The standard InChI is InChI=1S/C27H36N4O6/c1-18(2)14-21(31-27(35)37-17-20-12-8-5-9-13-20)24(32)29-22(15-19-10-6-4-7-11-19)25(33)30-23(16-28)26(34)36-3/h4-13,18,21-23H,14-17,28H2,1-3H3,(H,29,32)(H,30,33)(H,31,35)/t21-,22-,23-/m0/s1. The van der Waals surface area contributed by atoms with Gasteiger partial charge in [-0.25, -0.2) is 9.59 Å². The van der Waals surface area contributed by atoms with Crippen molar-refractivity contribution in [3.8, 4) is 0 Å². The maximum atomic E-state index is 13.3. The molecule has 0 saturated carbocycles. The minimum Gasteiger partial charge on any atom is -0.467 e. The molecule has 5 N–H and O–H groups in total. The van der Waals surface area contributed by atoms with Crippen LogP contribution in [0.4, 0.5) is 4.79 Å². The highest BCUT2D eigenvalue weighted by Crippen LogP contribution is 2.09. The van der Waals surface area contributed by atoms with E-state index >= 15 is 0 Å². The van der Waals surface area contributed by atoms with Crippen LogP contribution in [0.1, 0.15) is 31.4 Å². The Balaban J connectivity index is 2.14. The number of carbonyl (C=O) groups excluding carboxylic acids is 4.